The highest BCUT2D eigenvalue weighted by Crippen LogP contribution is 2.19. The van der Waals surface area contributed by atoms with Gasteiger partial charge in [-0.15, -0.1) is 0 Å². The average Bonchev–Trinajstić information content (AvgIpc) is 3.11. The van der Waals surface area contributed by atoms with E-state index in [1.807, 2.05) is 12.3 Å². The van der Waals surface area contributed by atoms with Gasteiger partial charge < -0.3 is 15.5 Å². The largest absolute Gasteiger partial charge is 0.357 e. The molecule has 3 rings (SSSR count). The predicted octanol–water partition coefficient (Wildman–Crippen LogP) is 3.38. The highest BCUT2D eigenvalue weighted by atomic mass is 16.2. The minimum atomic E-state index is -0.0833. The summed E-state index contributed by atoms with van der Waals surface area (Å²) in [5.74, 6) is 1.56. The quantitative estimate of drug-likeness (QED) is 0.753. The summed E-state index contributed by atoms with van der Waals surface area (Å²) in [4.78, 5) is 21.7. The fourth-order valence-electron chi connectivity index (χ4n) is 4.35. The summed E-state index contributed by atoms with van der Waals surface area (Å²) in [5, 5.41) is 6.12. The number of carbonyl (C=O) groups excluding carboxylic acids is 1. The Bertz CT molecular complexity index is 607. The topological polar surface area (TPSA) is 60.5 Å². The van der Waals surface area contributed by atoms with Crippen LogP contribution in [0.3, 0.4) is 0 Å². The highest BCUT2D eigenvalue weighted by Gasteiger charge is 2.23. The molecule has 0 bridgehead atoms. The number of nitrogens with zero attached hydrogens (tertiary/aromatic N) is 3. The molecule has 1 aromatic rings. The molecule has 1 atom stereocenters. The molecular weight excluding hydrogens is 350 g/mol. The first-order chi connectivity index (χ1) is 13.6. The van der Waals surface area contributed by atoms with Crippen LogP contribution < -0.4 is 15.5 Å². The van der Waals surface area contributed by atoms with Crippen molar-refractivity contribution >= 4 is 11.8 Å². The second kappa shape index (κ2) is 10.6. The number of likely N-dealkylation sites (tertiary alicyclic amines) is 1. The molecule has 28 heavy (non-hydrogen) atoms. The minimum absolute atomic E-state index is 0.0833. The molecule has 0 saturated carbocycles. The van der Waals surface area contributed by atoms with Crippen LogP contribution in [0.25, 0.3) is 0 Å². The van der Waals surface area contributed by atoms with Gasteiger partial charge >= 0.3 is 6.03 Å². The van der Waals surface area contributed by atoms with E-state index in [0.717, 1.165) is 37.6 Å². The molecular formula is C22H37N5O. The number of amides is 2. The van der Waals surface area contributed by atoms with Gasteiger partial charge in [-0.1, -0.05) is 26.7 Å². The van der Waals surface area contributed by atoms with E-state index in [-0.39, 0.29) is 6.03 Å². The lowest BCUT2D eigenvalue weighted by Crippen LogP contribution is -2.49. The molecule has 0 radical (unpaired) electrons. The van der Waals surface area contributed by atoms with Crippen molar-refractivity contribution in [2.24, 2.45) is 5.92 Å². The molecule has 0 spiro atoms. The van der Waals surface area contributed by atoms with E-state index in [0.29, 0.717) is 25.0 Å². The molecule has 156 valence electrons. The molecule has 3 heterocycles. The second-order valence-electron chi connectivity index (χ2n) is 8.54. The van der Waals surface area contributed by atoms with Gasteiger partial charge in [0.25, 0.3) is 0 Å². The van der Waals surface area contributed by atoms with Gasteiger partial charge in [0.2, 0.25) is 0 Å². The Morgan fingerprint density at radius 3 is 2.39 bits per heavy atom. The van der Waals surface area contributed by atoms with Crippen molar-refractivity contribution in [3.8, 4) is 0 Å². The number of hydrogen-bond acceptors (Lipinski definition) is 4. The maximum atomic E-state index is 12.4. The van der Waals surface area contributed by atoms with Gasteiger partial charge in [-0.05, 0) is 62.4 Å². The van der Waals surface area contributed by atoms with Crippen LogP contribution in [0, 0.1) is 5.92 Å². The van der Waals surface area contributed by atoms with Crippen molar-refractivity contribution in [3.63, 3.8) is 0 Å². The molecule has 0 aromatic carbocycles. The Balaban J connectivity index is 1.46. The summed E-state index contributed by atoms with van der Waals surface area (Å²) in [6.45, 7) is 10.2. The maximum Gasteiger partial charge on any atom is 0.315 e. The first-order valence-electron chi connectivity index (χ1n) is 11.1. The zero-order chi connectivity index (χ0) is 19.8. The third-order valence-electron chi connectivity index (χ3n) is 6.04. The Hall–Kier alpha value is -1.82. The van der Waals surface area contributed by atoms with Gasteiger partial charge in [0.1, 0.15) is 5.82 Å². The summed E-state index contributed by atoms with van der Waals surface area (Å²) in [7, 11) is 0. The molecule has 0 aliphatic carbocycles. The molecule has 6 nitrogen and oxygen atoms in total. The Labute approximate surface area is 170 Å². The van der Waals surface area contributed by atoms with Crippen LogP contribution in [0.4, 0.5) is 10.6 Å². The van der Waals surface area contributed by atoms with E-state index >= 15 is 0 Å². The van der Waals surface area contributed by atoms with Crippen LogP contribution in [0.2, 0.25) is 0 Å². The van der Waals surface area contributed by atoms with E-state index in [1.165, 1.54) is 38.5 Å². The van der Waals surface area contributed by atoms with E-state index in [4.69, 9.17) is 0 Å². The smallest absolute Gasteiger partial charge is 0.315 e. The maximum absolute atomic E-state index is 12.4. The first-order valence-corrected chi connectivity index (χ1v) is 11.1. The van der Waals surface area contributed by atoms with Crippen molar-refractivity contribution in [1.82, 2.24) is 20.5 Å². The van der Waals surface area contributed by atoms with Crippen molar-refractivity contribution in [2.45, 2.75) is 65.0 Å². The summed E-state index contributed by atoms with van der Waals surface area (Å²) in [5.41, 5.74) is 1.10. The standard InChI is InChI=1S/C22H37N5O/c1-18(2)20(26-11-5-3-4-6-12-26)17-25-22(28)24-16-19-9-10-23-21(15-19)27-13-7-8-14-27/h9-10,15,18,20H,3-8,11-14,16-17H2,1-2H3,(H2,24,25,28). The SMILES string of the molecule is CC(C)C(CNC(=O)NCc1ccnc(N2CCCC2)c1)N1CCCCCC1. The molecule has 1 unspecified atom stereocenters. The first kappa shape index (κ1) is 20.9. The summed E-state index contributed by atoms with van der Waals surface area (Å²) < 4.78 is 0. The van der Waals surface area contributed by atoms with Gasteiger partial charge in [-0.25, -0.2) is 9.78 Å². The second-order valence-corrected chi connectivity index (χ2v) is 8.54. The number of aromatic nitrogens is 1. The van der Waals surface area contributed by atoms with Gasteiger partial charge in [-0.2, -0.15) is 0 Å². The third kappa shape index (κ3) is 6.09. The lowest BCUT2D eigenvalue weighted by atomic mass is 10.0. The van der Waals surface area contributed by atoms with Crippen LogP contribution >= 0.6 is 0 Å². The summed E-state index contributed by atoms with van der Waals surface area (Å²) >= 11 is 0. The van der Waals surface area contributed by atoms with Crippen LogP contribution in [-0.2, 0) is 6.54 Å². The van der Waals surface area contributed by atoms with Crippen LogP contribution in [0.15, 0.2) is 18.3 Å². The molecule has 2 saturated heterocycles. The number of hydrogen-bond donors (Lipinski definition) is 2. The fraction of sp³-hybridized carbons (Fsp3) is 0.727. The van der Waals surface area contributed by atoms with Crippen molar-refractivity contribution in [1.29, 1.82) is 0 Å². The Morgan fingerprint density at radius 2 is 1.71 bits per heavy atom. The van der Waals surface area contributed by atoms with Crippen LogP contribution in [0.1, 0.15) is 57.9 Å². The van der Waals surface area contributed by atoms with Crippen molar-refractivity contribution < 1.29 is 4.79 Å². The van der Waals surface area contributed by atoms with E-state index in [2.05, 4.69) is 45.3 Å². The molecule has 2 amide bonds. The lowest BCUT2D eigenvalue weighted by molar-refractivity contribution is 0.157. The number of pyridine rings is 1. The van der Waals surface area contributed by atoms with Gasteiger partial charge in [0.15, 0.2) is 0 Å². The number of urea groups is 1. The number of nitrogens with one attached hydrogen (secondary N) is 2. The zero-order valence-corrected chi connectivity index (χ0v) is 17.6. The number of anilines is 1. The van der Waals surface area contributed by atoms with Gasteiger partial charge in [0.05, 0.1) is 0 Å². The molecule has 1 aromatic heterocycles. The lowest BCUT2D eigenvalue weighted by Gasteiger charge is -2.33. The Morgan fingerprint density at radius 1 is 1.04 bits per heavy atom. The van der Waals surface area contributed by atoms with Gasteiger partial charge in [0, 0.05) is 38.4 Å². The van der Waals surface area contributed by atoms with E-state index in [9.17, 15) is 4.79 Å². The van der Waals surface area contributed by atoms with E-state index in [1.54, 1.807) is 0 Å². The highest BCUT2D eigenvalue weighted by molar-refractivity contribution is 5.73. The van der Waals surface area contributed by atoms with Gasteiger partial charge in [-0.3, -0.25) is 4.90 Å². The normalized spacial score (nSPS) is 19.5. The predicted molar refractivity (Wildman–Crippen MR) is 115 cm³/mol. The van der Waals surface area contributed by atoms with Crippen molar-refractivity contribution in [2.75, 3.05) is 37.6 Å². The monoisotopic (exact) mass is 387 g/mol. The molecule has 2 fully saturated rings. The van der Waals surface area contributed by atoms with Crippen LogP contribution in [0.5, 0.6) is 0 Å². The minimum Gasteiger partial charge on any atom is -0.357 e. The van der Waals surface area contributed by atoms with Crippen molar-refractivity contribution in [3.05, 3.63) is 23.9 Å². The van der Waals surface area contributed by atoms with Crippen LogP contribution in [-0.4, -0.2) is 54.7 Å². The number of carbonyl (C=O) groups is 1. The molecule has 2 N–H and O–H groups in total. The zero-order valence-electron chi connectivity index (χ0n) is 17.6. The summed E-state index contributed by atoms with van der Waals surface area (Å²) in [6, 6.07) is 4.40. The molecule has 2 aliphatic rings. The molecule has 2 aliphatic heterocycles. The molecule has 6 heteroatoms. The Kier molecular flexibility index (Phi) is 7.95. The summed E-state index contributed by atoms with van der Waals surface area (Å²) in [6.07, 6.45) is 9.53. The number of rotatable bonds is 7. The third-order valence-corrected chi connectivity index (χ3v) is 6.04. The fourth-order valence-corrected chi connectivity index (χ4v) is 4.35. The van der Waals surface area contributed by atoms with E-state index < -0.39 is 0 Å². The average molecular weight is 388 g/mol.